The largest absolute Gasteiger partial charge is 0.495 e. The van der Waals surface area contributed by atoms with Crippen LogP contribution in [-0.4, -0.2) is 70.2 Å². The Bertz CT molecular complexity index is 618. The summed E-state index contributed by atoms with van der Waals surface area (Å²) < 4.78 is 5.47. The number of hydrogen-bond acceptors (Lipinski definition) is 4. The molecule has 7 heteroatoms. The molecule has 144 valence electrons. The molecule has 0 aromatic heterocycles. The second kappa shape index (κ2) is 9.89. The molecular formula is C19H31N5O2. The minimum absolute atomic E-state index is 0.0906. The van der Waals surface area contributed by atoms with Gasteiger partial charge in [-0.25, -0.2) is 0 Å². The Morgan fingerprint density at radius 1 is 1.38 bits per heavy atom. The second-order valence-corrected chi connectivity index (χ2v) is 6.55. The van der Waals surface area contributed by atoms with Gasteiger partial charge >= 0.3 is 0 Å². The standard InChI is InChI=1S/C19H31N5O2/c1-5-20-19(21-12-10-18(25)23(2)3)22-15-11-13-24(14-15)16-8-6-7-9-17(16)26-4/h6-9,15H,5,10-14H2,1-4H3,(H2,20,21,22). The molecule has 1 aromatic carbocycles. The van der Waals surface area contributed by atoms with Crippen molar-refractivity contribution in [2.45, 2.75) is 25.8 Å². The minimum Gasteiger partial charge on any atom is -0.495 e. The van der Waals surface area contributed by atoms with Crippen molar-refractivity contribution < 1.29 is 9.53 Å². The highest BCUT2D eigenvalue weighted by Gasteiger charge is 2.25. The van der Waals surface area contributed by atoms with Crippen molar-refractivity contribution in [3.8, 4) is 5.75 Å². The van der Waals surface area contributed by atoms with Crippen molar-refractivity contribution in [2.24, 2.45) is 4.99 Å². The summed E-state index contributed by atoms with van der Waals surface area (Å²) >= 11 is 0. The van der Waals surface area contributed by atoms with Crippen molar-refractivity contribution in [3.05, 3.63) is 24.3 Å². The molecule has 1 aliphatic rings. The molecule has 1 aliphatic heterocycles. The number of ether oxygens (including phenoxy) is 1. The zero-order valence-electron chi connectivity index (χ0n) is 16.3. The molecule has 0 saturated carbocycles. The van der Waals surface area contributed by atoms with Crippen molar-refractivity contribution in [1.82, 2.24) is 15.5 Å². The van der Waals surface area contributed by atoms with Gasteiger partial charge in [-0.1, -0.05) is 12.1 Å². The van der Waals surface area contributed by atoms with E-state index in [0.29, 0.717) is 19.0 Å². The van der Waals surface area contributed by atoms with Crippen LogP contribution in [0.15, 0.2) is 29.3 Å². The van der Waals surface area contributed by atoms with Gasteiger partial charge in [-0.15, -0.1) is 0 Å². The third-order valence-electron chi connectivity index (χ3n) is 4.39. The molecule has 2 rings (SSSR count). The molecule has 1 amide bonds. The van der Waals surface area contributed by atoms with E-state index in [0.717, 1.165) is 43.5 Å². The summed E-state index contributed by atoms with van der Waals surface area (Å²) in [5.41, 5.74) is 1.12. The van der Waals surface area contributed by atoms with Gasteiger partial charge in [0.2, 0.25) is 5.91 Å². The number of methoxy groups -OCH3 is 1. The predicted molar refractivity (Wildman–Crippen MR) is 106 cm³/mol. The van der Waals surface area contributed by atoms with Crippen LogP contribution < -0.4 is 20.3 Å². The lowest BCUT2D eigenvalue weighted by atomic mass is 10.2. The van der Waals surface area contributed by atoms with Gasteiger partial charge in [0.15, 0.2) is 5.96 Å². The summed E-state index contributed by atoms with van der Waals surface area (Å²) in [5, 5.41) is 6.75. The molecule has 7 nitrogen and oxygen atoms in total. The highest BCUT2D eigenvalue weighted by Crippen LogP contribution is 2.30. The first-order valence-corrected chi connectivity index (χ1v) is 9.18. The molecule has 1 fully saturated rings. The maximum atomic E-state index is 11.7. The highest BCUT2D eigenvalue weighted by molar-refractivity contribution is 5.81. The summed E-state index contributed by atoms with van der Waals surface area (Å²) in [6.45, 7) is 5.17. The van der Waals surface area contributed by atoms with E-state index in [1.54, 1.807) is 26.1 Å². The van der Waals surface area contributed by atoms with Crippen LogP contribution >= 0.6 is 0 Å². The lowest BCUT2D eigenvalue weighted by Crippen LogP contribution is -2.44. The molecular weight excluding hydrogens is 330 g/mol. The van der Waals surface area contributed by atoms with Crippen molar-refractivity contribution in [2.75, 3.05) is 52.3 Å². The number of hydrogen-bond donors (Lipinski definition) is 2. The first kappa shape index (κ1) is 19.9. The van der Waals surface area contributed by atoms with Crippen molar-refractivity contribution >= 4 is 17.6 Å². The molecule has 2 N–H and O–H groups in total. The monoisotopic (exact) mass is 361 g/mol. The van der Waals surface area contributed by atoms with E-state index in [-0.39, 0.29) is 5.91 Å². The summed E-state index contributed by atoms with van der Waals surface area (Å²) in [4.78, 5) is 20.1. The number of benzene rings is 1. The van der Waals surface area contributed by atoms with Crippen molar-refractivity contribution in [3.63, 3.8) is 0 Å². The minimum atomic E-state index is 0.0906. The zero-order chi connectivity index (χ0) is 18.9. The number of aliphatic imine (C=N–C) groups is 1. The van der Waals surface area contributed by atoms with Gasteiger partial charge in [0.1, 0.15) is 5.75 Å². The third kappa shape index (κ3) is 5.54. The quantitative estimate of drug-likeness (QED) is 0.566. The Morgan fingerprint density at radius 3 is 2.85 bits per heavy atom. The predicted octanol–water partition coefficient (Wildman–Crippen LogP) is 1.31. The molecule has 1 aromatic rings. The number of nitrogens with one attached hydrogen (secondary N) is 2. The molecule has 0 spiro atoms. The number of guanidine groups is 1. The van der Waals surface area contributed by atoms with E-state index in [4.69, 9.17) is 4.74 Å². The summed E-state index contributed by atoms with van der Waals surface area (Å²) in [7, 11) is 5.23. The number of para-hydroxylation sites is 2. The van der Waals surface area contributed by atoms with Crippen LogP contribution in [0.25, 0.3) is 0 Å². The normalized spacial score (nSPS) is 17.2. The summed E-state index contributed by atoms with van der Waals surface area (Å²) in [6.07, 6.45) is 1.45. The summed E-state index contributed by atoms with van der Waals surface area (Å²) in [6, 6.07) is 8.41. The van der Waals surface area contributed by atoms with E-state index >= 15 is 0 Å². The van der Waals surface area contributed by atoms with Crippen LogP contribution in [0.2, 0.25) is 0 Å². The highest BCUT2D eigenvalue weighted by atomic mass is 16.5. The third-order valence-corrected chi connectivity index (χ3v) is 4.39. The second-order valence-electron chi connectivity index (χ2n) is 6.55. The average Bonchev–Trinajstić information content (AvgIpc) is 3.09. The van der Waals surface area contributed by atoms with Crippen LogP contribution in [-0.2, 0) is 4.79 Å². The lowest BCUT2D eigenvalue weighted by Gasteiger charge is -2.22. The first-order valence-electron chi connectivity index (χ1n) is 9.18. The Labute approximate surface area is 156 Å². The Kier molecular flexibility index (Phi) is 7.56. The van der Waals surface area contributed by atoms with Gasteiger partial charge in [-0.05, 0) is 25.5 Å². The SMILES string of the molecule is CCNC(=NCCC(=O)N(C)C)NC1CCN(c2ccccc2OC)C1. The topological polar surface area (TPSA) is 69.2 Å². The fourth-order valence-electron chi connectivity index (χ4n) is 2.99. The first-order chi connectivity index (χ1) is 12.5. The Balaban J connectivity index is 1.92. The van der Waals surface area contributed by atoms with Crippen LogP contribution in [0, 0.1) is 0 Å². The van der Waals surface area contributed by atoms with E-state index in [1.807, 2.05) is 25.1 Å². The van der Waals surface area contributed by atoms with E-state index in [1.165, 1.54) is 0 Å². The molecule has 1 heterocycles. The average molecular weight is 361 g/mol. The molecule has 26 heavy (non-hydrogen) atoms. The van der Waals surface area contributed by atoms with Crippen molar-refractivity contribution in [1.29, 1.82) is 0 Å². The lowest BCUT2D eigenvalue weighted by molar-refractivity contribution is -0.128. The maximum absolute atomic E-state index is 11.7. The van der Waals surface area contributed by atoms with Crippen LogP contribution in [0.3, 0.4) is 0 Å². The van der Waals surface area contributed by atoms with Gasteiger partial charge in [-0.3, -0.25) is 9.79 Å². The molecule has 0 bridgehead atoms. The van der Waals surface area contributed by atoms with Gasteiger partial charge in [-0.2, -0.15) is 0 Å². The fraction of sp³-hybridized carbons (Fsp3) is 0.579. The number of anilines is 1. The molecule has 0 radical (unpaired) electrons. The van der Waals surface area contributed by atoms with E-state index in [9.17, 15) is 4.79 Å². The molecule has 1 unspecified atom stereocenters. The number of carbonyl (C=O) groups excluding carboxylic acids is 1. The number of amides is 1. The van der Waals surface area contributed by atoms with Crippen LogP contribution in [0.5, 0.6) is 5.75 Å². The Hall–Kier alpha value is -2.44. The number of rotatable bonds is 7. The Morgan fingerprint density at radius 2 is 2.15 bits per heavy atom. The van der Waals surface area contributed by atoms with E-state index < -0.39 is 0 Å². The van der Waals surface area contributed by atoms with Crippen LogP contribution in [0.1, 0.15) is 19.8 Å². The maximum Gasteiger partial charge on any atom is 0.223 e. The fourth-order valence-corrected chi connectivity index (χ4v) is 2.99. The molecule has 1 atom stereocenters. The van der Waals surface area contributed by atoms with Gasteiger partial charge in [0.25, 0.3) is 0 Å². The van der Waals surface area contributed by atoms with Gasteiger partial charge in [0.05, 0.1) is 19.3 Å². The van der Waals surface area contributed by atoms with Gasteiger partial charge < -0.3 is 25.2 Å². The number of carbonyl (C=O) groups is 1. The van der Waals surface area contributed by atoms with Crippen LogP contribution in [0.4, 0.5) is 5.69 Å². The summed E-state index contributed by atoms with van der Waals surface area (Å²) in [5.74, 6) is 1.76. The number of nitrogens with zero attached hydrogens (tertiary/aromatic N) is 3. The van der Waals surface area contributed by atoms with Gasteiger partial charge in [0, 0.05) is 46.2 Å². The van der Waals surface area contributed by atoms with E-state index in [2.05, 4.69) is 26.6 Å². The smallest absolute Gasteiger partial charge is 0.223 e. The molecule has 0 aliphatic carbocycles. The zero-order valence-corrected chi connectivity index (χ0v) is 16.3. The molecule has 1 saturated heterocycles.